The number of fused-ring (bicyclic) bond motifs is 4. The molecule has 0 aliphatic rings. The first kappa shape index (κ1) is 27.7. The fraction of sp³-hybridized carbons (Fsp3) is 0.278. The summed E-state index contributed by atoms with van der Waals surface area (Å²) in [6.45, 7) is 6.73. The van der Waals surface area contributed by atoms with Crippen LogP contribution in [0.3, 0.4) is 0 Å². The van der Waals surface area contributed by atoms with Gasteiger partial charge in [-0.1, -0.05) is 87.4 Å². The minimum absolute atomic E-state index is 0.468. The number of pyridine rings is 2. The first-order valence-corrected chi connectivity index (χ1v) is 15.1. The number of nitrogens with zero attached hydrogens (tertiary/aromatic N) is 3. The number of unbranched alkanes of at least 4 members (excludes halogenated alkanes) is 2. The molecule has 0 saturated heterocycles. The molecule has 0 amide bonds. The zero-order chi connectivity index (χ0) is 28.9. The van der Waals surface area contributed by atoms with Gasteiger partial charge >= 0.3 is 0 Å². The molecule has 0 radical (unpaired) electrons. The molecule has 6 rings (SSSR count). The van der Waals surface area contributed by atoms with Gasteiger partial charge in [-0.05, 0) is 37.1 Å². The Morgan fingerprint density at radius 2 is 1.05 bits per heavy atom. The third-order valence-corrected chi connectivity index (χ3v) is 7.69. The minimum Gasteiger partial charge on any atom is -0.491 e. The molecule has 4 aromatic carbocycles. The predicted molar refractivity (Wildman–Crippen MR) is 175 cm³/mol. The van der Waals surface area contributed by atoms with Gasteiger partial charge in [0.25, 0.3) is 0 Å². The van der Waals surface area contributed by atoms with Gasteiger partial charge in [-0.15, -0.1) is 0 Å². The lowest BCUT2D eigenvalue weighted by Crippen LogP contribution is -2.26. The maximum atomic E-state index is 6.38. The lowest BCUT2D eigenvalue weighted by atomic mass is 10.0. The predicted octanol–water partition coefficient (Wildman–Crippen LogP) is 8.54. The SMILES string of the molecule is CCCCOc1cccc2c(N(CCN)c3c4ccccc4nc4c(OCCCC)cccc34)c3ccccc3nc12. The van der Waals surface area contributed by atoms with Crippen LogP contribution in [0.2, 0.25) is 0 Å². The quantitative estimate of drug-likeness (QED) is 0.120. The van der Waals surface area contributed by atoms with Crippen LogP contribution in [0.5, 0.6) is 11.5 Å². The summed E-state index contributed by atoms with van der Waals surface area (Å²) in [5.74, 6) is 1.61. The van der Waals surface area contributed by atoms with E-state index in [1.54, 1.807) is 0 Å². The highest BCUT2D eigenvalue weighted by atomic mass is 16.5. The van der Waals surface area contributed by atoms with Gasteiger partial charge in [0.05, 0.1) is 35.6 Å². The third-order valence-electron chi connectivity index (χ3n) is 7.69. The summed E-state index contributed by atoms with van der Waals surface area (Å²) in [6, 6.07) is 29.1. The number of anilines is 2. The molecule has 214 valence electrons. The number of rotatable bonds is 12. The Balaban J connectivity index is 1.67. The van der Waals surface area contributed by atoms with Gasteiger partial charge in [-0.2, -0.15) is 0 Å². The summed E-state index contributed by atoms with van der Waals surface area (Å²) in [7, 11) is 0. The van der Waals surface area contributed by atoms with E-state index >= 15 is 0 Å². The Labute approximate surface area is 247 Å². The van der Waals surface area contributed by atoms with E-state index in [0.717, 1.165) is 92.2 Å². The van der Waals surface area contributed by atoms with E-state index in [1.807, 2.05) is 24.3 Å². The normalized spacial score (nSPS) is 11.5. The fourth-order valence-corrected chi connectivity index (χ4v) is 5.66. The Bertz CT molecular complexity index is 1720. The van der Waals surface area contributed by atoms with Crippen LogP contribution in [-0.2, 0) is 0 Å². The molecule has 0 atom stereocenters. The summed E-state index contributed by atoms with van der Waals surface area (Å²) in [4.78, 5) is 12.6. The summed E-state index contributed by atoms with van der Waals surface area (Å²) in [5.41, 5.74) is 12.1. The largest absolute Gasteiger partial charge is 0.491 e. The van der Waals surface area contributed by atoms with Crippen molar-refractivity contribution in [3.05, 3.63) is 84.9 Å². The van der Waals surface area contributed by atoms with Crippen LogP contribution in [0, 0.1) is 0 Å². The van der Waals surface area contributed by atoms with Crippen molar-refractivity contribution in [2.24, 2.45) is 5.73 Å². The number of aromatic nitrogens is 2. The van der Waals surface area contributed by atoms with E-state index in [2.05, 4.69) is 79.4 Å². The Morgan fingerprint density at radius 1 is 0.595 bits per heavy atom. The molecule has 6 aromatic rings. The van der Waals surface area contributed by atoms with Crippen LogP contribution in [0.4, 0.5) is 11.4 Å². The van der Waals surface area contributed by atoms with Crippen LogP contribution >= 0.6 is 0 Å². The van der Waals surface area contributed by atoms with E-state index in [0.29, 0.717) is 26.3 Å². The van der Waals surface area contributed by atoms with Crippen LogP contribution in [0.15, 0.2) is 84.9 Å². The number of benzene rings is 4. The molecular weight excluding hydrogens is 520 g/mol. The molecule has 2 aromatic heterocycles. The summed E-state index contributed by atoms with van der Waals surface area (Å²) in [5, 5.41) is 4.18. The molecular formula is C36H38N4O2. The van der Waals surface area contributed by atoms with E-state index in [4.69, 9.17) is 25.2 Å². The zero-order valence-electron chi connectivity index (χ0n) is 24.5. The highest BCUT2D eigenvalue weighted by Crippen LogP contribution is 2.45. The molecule has 0 fully saturated rings. The second-order valence-electron chi connectivity index (χ2n) is 10.6. The molecule has 6 heteroatoms. The smallest absolute Gasteiger partial charge is 0.145 e. The third kappa shape index (κ3) is 5.19. The second-order valence-corrected chi connectivity index (χ2v) is 10.6. The fourth-order valence-electron chi connectivity index (χ4n) is 5.66. The average Bonchev–Trinajstić information content (AvgIpc) is 3.02. The molecule has 2 N–H and O–H groups in total. The van der Waals surface area contributed by atoms with Crippen molar-refractivity contribution in [1.29, 1.82) is 0 Å². The van der Waals surface area contributed by atoms with Gasteiger partial charge in [-0.25, -0.2) is 9.97 Å². The zero-order valence-corrected chi connectivity index (χ0v) is 24.5. The van der Waals surface area contributed by atoms with Crippen molar-refractivity contribution < 1.29 is 9.47 Å². The topological polar surface area (TPSA) is 73.5 Å². The first-order valence-electron chi connectivity index (χ1n) is 15.1. The van der Waals surface area contributed by atoms with Gasteiger partial charge in [0.1, 0.15) is 22.5 Å². The monoisotopic (exact) mass is 558 g/mol. The molecule has 0 aliphatic carbocycles. The van der Waals surface area contributed by atoms with Crippen LogP contribution in [0.25, 0.3) is 43.6 Å². The van der Waals surface area contributed by atoms with Crippen molar-refractivity contribution in [2.75, 3.05) is 31.2 Å². The number of para-hydroxylation sites is 4. The lowest BCUT2D eigenvalue weighted by Gasteiger charge is -2.30. The Morgan fingerprint density at radius 3 is 1.50 bits per heavy atom. The molecule has 6 nitrogen and oxygen atoms in total. The highest BCUT2D eigenvalue weighted by Gasteiger charge is 2.23. The molecule has 0 bridgehead atoms. The van der Waals surface area contributed by atoms with Crippen LogP contribution in [-0.4, -0.2) is 36.3 Å². The van der Waals surface area contributed by atoms with Gasteiger partial charge in [-0.3, -0.25) is 0 Å². The number of hydrogen-bond donors (Lipinski definition) is 1. The summed E-state index contributed by atoms with van der Waals surface area (Å²) >= 11 is 0. The number of nitrogens with two attached hydrogens (primary N) is 1. The maximum Gasteiger partial charge on any atom is 0.145 e. The summed E-state index contributed by atoms with van der Waals surface area (Å²) < 4.78 is 12.6. The van der Waals surface area contributed by atoms with Crippen LogP contribution < -0.4 is 20.1 Å². The van der Waals surface area contributed by atoms with Crippen molar-refractivity contribution >= 4 is 55.0 Å². The molecule has 0 saturated carbocycles. The molecule has 2 heterocycles. The van der Waals surface area contributed by atoms with E-state index in [9.17, 15) is 0 Å². The van der Waals surface area contributed by atoms with E-state index in [1.165, 1.54) is 0 Å². The van der Waals surface area contributed by atoms with Gasteiger partial charge in [0, 0.05) is 34.6 Å². The number of hydrogen-bond acceptors (Lipinski definition) is 6. The first-order chi connectivity index (χ1) is 20.7. The van der Waals surface area contributed by atoms with E-state index in [-0.39, 0.29) is 0 Å². The van der Waals surface area contributed by atoms with Gasteiger partial charge in [0.2, 0.25) is 0 Å². The van der Waals surface area contributed by atoms with Gasteiger partial charge in [0.15, 0.2) is 0 Å². The Kier molecular flexibility index (Phi) is 8.33. The van der Waals surface area contributed by atoms with E-state index < -0.39 is 0 Å². The number of ether oxygens (including phenoxy) is 2. The second kappa shape index (κ2) is 12.6. The summed E-state index contributed by atoms with van der Waals surface area (Å²) in [6.07, 6.45) is 4.13. The van der Waals surface area contributed by atoms with Crippen molar-refractivity contribution in [3.63, 3.8) is 0 Å². The van der Waals surface area contributed by atoms with Crippen molar-refractivity contribution in [1.82, 2.24) is 9.97 Å². The maximum absolute atomic E-state index is 6.38. The Hall–Kier alpha value is -4.42. The standard InChI is InChI=1S/C36H38N4O2/c1-3-5-23-41-31-19-11-15-27-33(31)38-29-17-9-7-13-25(29)35(27)40(22-21-37)36-26-14-8-10-18-30(26)39-34-28(36)16-12-20-32(34)42-24-6-4-2/h7-20H,3-6,21-24,37H2,1-2H3. The molecule has 0 spiro atoms. The minimum atomic E-state index is 0.468. The van der Waals surface area contributed by atoms with Crippen molar-refractivity contribution in [2.45, 2.75) is 39.5 Å². The lowest BCUT2D eigenvalue weighted by molar-refractivity contribution is 0.312. The van der Waals surface area contributed by atoms with Crippen LogP contribution in [0.1, 0.15) is 39.5 Å². The molecule has 42 heavy (non-hydrogen) atoms. The highest BCUT2D eigenvalue weighted by molar-refractivity contribution is 6.16. The molecule has 0 aliphatic heterocycles. The molecule has 0 unspecified atom stereocenters. The average molecular weight is 559 g/mol. The van der Waals surface area contributed by atoms with Gasteiger partial charge < -0.3 is 20.1 Å². The van der Waals surface area contributed by atoms with Crippen molar-refractivity contribution in [3.8, 4) is 11.5 Å².